The van der Waals surface area contributed by atoms with E-state index in [1.807, 2.05) is 12.1 Å². The maximum Gasteiger partial charge on any atom is 0.273 e. The number of hydrogen-bond donors (Lipinski definition) is 1. The SMILES string of the molecule is COCc1cc(N)cc(OC)c1.COCc1cc(OC)cc([N+](=O)[O-])c1. The summed E-state index contributed by atoms with van der Waals surface area (Å²) < 4.78 is 19.8. The third-order valence-electron chi connectivity index (χ3n) is 3.24. The maximum absolute atomic E-state index is 10.5. The highest BCUT2D eigenvalue weighted by Gasteiger charge is 2.09. The summed E-state index contributed by atoms with van der Waals surface area (Å²) in [7, 11) is 6.27. The van der Waals surface area contributed by atoms with Crippen LogP contribution in [0, 0.1) is 10.1 Å². The number of ether oxygens (including phenoxy) is 4. The van der Waals surface area contributed by atoms with Gasteiger partial charge < -0.3 is 24.7 Å². The van der Waals surface area contributed by atoms with E-state index in [0.717, 1.165) is 16.9 Å². The predicted octanol–water partition coefficient (Wildman–Crippen LogP) is 3.17. The van der Waals surface area contributed by atoms with E-state index in [4.69, 9.17) is 24.7 Å². The quantitative estimate of drug-likeness (QED) is 0.457. The molecule has 142 valence electrons. The van der Waals surface area contributed by atoms with Crippen LogP contribution in [0.4, 0.5) is 11.4 Å². The van der Waals surface area contributed by atoms with Crippen molar-refractivity contribution in [2.75, 3.05) is 34.2 Å². The molecule has 0 bridgehead atoms. The van der Waals surface area contributed by atoms with Crippen LogP contribution in [0.25, 0.3) is 0 Å². The van der Waals surface area contributed by atoms with E-state index in [1.165, 1.54) is 26.4 Å². The van der Waals surface area contributed by atoms with Gasteiger partial charge >= 0.3 is 0 Å². The van der Waals surface area contributed by atoms with Crippen LogP contribution >= 0.6 is 0 Å². The summed E-state index contributed by atoms with van der Waals surface area (Å²) in [5, 5.41) is 10.5. The highest BCUT2D eigenvalue weighted by molar-refractivity contribution is 5.47. The molecule has 0 unspecified atom stereocenters. The van der Waals surface area contributed by atoms with Gasteiger partial charge in [0.1, 0.15) is 11.5 Å². The zero-order valence-electron chi connectivity index (χ0n) is 15.4. The standard InChI is InChI=1S/C9H11NO4.C9H13NO2/c1-13-6-7-3-8(10(11)12)5-9(4-7)14-2;1-11-6-7-3-8(10)5-9(4-7)12-2/h3-5H,6H2,1-2H3;3-5H,6,10H2,1-2H3. The summed E-state index contributed by atoms with van der Waals surface area (Å²) in [6.45, 7) is 0.888. The van der Waals surface area contributed by atoms with Crippen molar-refractivity contribution in [3.8, 4) is 11.5 Å². The zero-order valence-corrected chi connectivity index (χ0v) is 15.4. The molecule has 0 amide bonds. The lowest BCUT2D eigenvalue weighted by Gasteiger charge is -2.05. The number of methoxy groups -OCH3 is 4. The minimum Gasteiger partial charge on any atom is -0.497 e. The second-order valence-electron chi connectivity index (χ2n) is 5.28. The lowest BCUT2D eigenvalue weighted by Crippen LogP contribution is -1.94. The van der Waals surface area contributed by atoms with Crippen LogP contribution in [-0.2, 0) is 22.7 Å². The van der Waals surface area contributed by atoms with Crippen molar-refractivity contribution in [3.63, 3.8) is 0 Å². The Morgan fingerprint density at radius 1 is 0.846 bits per heavy atom. The van der Waals surface area contributed by atoms with Gasteiger partial charge in [-0.25, -0.2) is 0 Å². The Kier molecular flexibility index (Phi) is 8.90. The summed E-state index contributed by atoms with van der Waals surface area (Å²) in [5.74, 6) is 1.23. The summed E-state index contributed by atoms with van der Waals surface area (Å²) in [4.78, 5) is 10.1. The van der Waals surface area contributed by atoms with Crippen molar-refractivity contribution in [2.24, 2.45) is 0 Å². The fourth-order valence-electron chi connectivity index (χ4n) is 2.17. The topological polar surface area (TPSA) is 106 Å². The molecule has 0 atom stereocenters. The van der Waals surface area contributed by atoms with Crippen LogP contribution in [0.1, 0.15) is 11.1 Å². The average molecular weight is 364 g/mol. The Labute approximate surface area is 152 Å². The van der Waals surface area contributed by atoms with E-state index in [2.05, 4.69) is 0 Å². The third kappa shape index (κ3) is 6.96. The zero-order chi connectivity index (χ0) is 19.5. The minimum absolute atomic E-state index is 0.0106. The van der Waals surface area contributed by atoms with E-state index < -0.39 is 4.92 Å². The van der Waals surface area contributed by atoms with Gasteiger partial charge in [0, 0.05) is 32.0 Å². The Morgan fingerprint density at radius 3 is 1.81 bits per heavy atom. The number of benzene rings is 2. The summed E-state index contributed by atoms with van der Waals surface area (Å²) in [6.07, 6.45) is 0. The fourth-order valence-corrected chi connectivity index (χ4v) is 2.17. The van der Waals surface area contributed by atoms with Gasteiger partial charge in [-0.05, 0) is 29.3 Å². The van der Waals surface area contributed by atoms with Gasteiger partial charge in [-0.1, -0.05) is 0 Å². The molecule has 0 saturated heterocycles. The summed E-state index contributed by atoms with van der Waals surface area (Å²) in [5.41, 5.74) is 8.08. The molecule has 26 heavy (non-hydrogen) atoms. The van der Waals surface area contributed by atoms with Gasteiger partial charge in [-0.15, -0.1) is 0 Å². The lowest BCUT2D eigenvalue weighted by molar-refractivity contribution is -0.385. The van der Waals surface area contributed by atoms with Gasteiger partial charge in [-0.3, -0.25) is 10.1 Å². The van der Waals surface area contributed by atoms with Crippen molar-refractivity contribution in [3.05, 3.63) is 57.6 Å². The summed E-state index contributed by atoms with van der Waals surface area (Å²) in [6, 6.07) is 10.1. The molecule has 8 heteroatoms. The molecule has 0 saturated carbocycles. The van der Waals surface area contributed by atoms with Crippen LogP contribution in [0.3, 0.4) is 0 Å². The Morgan fingerprint density at radius 2 is 1.35 bits per heavy atom. The van der Waals surface area contributed by atoms with Gasteiger partial charge in [0.2, 0.25) is 0 Å². The Hall–Kier alpha value is -2.84. The first-order valence-electron chi connectivity index (χ1n) is 7.67. The van der Waals surface area contributed by atoms with Gasteiger partial charge in [0.15, 0.2) is 0 Å². The number of nitrogens with zero attached hydrogens (tertiary/aromatic N) is 1. The molecule has 0 aliphatic carbocycles. The van der Waals surface area contributed by atoms with Gasteiger partial charge in [0.05, 0.1) is 38.4 Å². The number of hydrogen-bond acceptors (Lipinski definition) is 7. The van der Waals surface area contributed by atoms with Crippen LogP contribution in [0.15, 0.2) is 36.4 Å². The van der Waals surface area contributed by atoms with Crippen molar-refractivity contribution < 1.29 is 23.9 Å². The average Bonchev–Trinajstić information content (AvgIpc) is 2.62. The monoisotopic (exact) mass is 364 g/mol. The lowest BCUT2D eigenvalue weighted by atomic mass is 10.2. The highest BCUT2D eigenvalue weighted by Crippen LogP contribution is 2.22. The largest absolute Gasteiger partial charge is 0.497 e. The van der Waals surface area contributed by atoms with E-state index in [-0.39, 0.29) is 5.69 Å². The van der Waals surface area contributed by atoms with E-state index >= 15 is 0 Å². The third-order valence-corrected chi connectivity index (χ3v) is 3.24. The number of nitrogen functional groups attached to an aromatic ring is 1. The van der Waals surface area contributed by atoms with E-state index in [0.29, 0.717) is 24.7 Å². The Bertz CT molecular complexity index is 721. The molecule has 0 fully saturated rings. The summed E-state index contributed by atoms with van der Waals surface area (Å²) >= 11 is 0. The minimum atomic E-state index is -0.457. The molecule has 2 aromatic rings. The maximum atomic E-state index is 10.5. The van der Waals surface area contributed by atoms with Crippen molar-refractivity contribution in [1.82, 2.24) is 0 Å². The van der Waals surface area contributed by atoms with Crippen LogP contribution < -0.4 is 15.2 Å². The second-order valence-corrected chi connectivity index (χ2v) is 5.28. The number of nitrogens with two attached hydrogens (primary N) is 1. The molecule has 2 N–H and O–H groups in total. The molecular formula is C18H24N2O6. The molecule has 0 aliphatic rings. The van der Waals surface area contributed by atoms with Gasteiger partial charge in [-0.2, -0.15) is 0 Å². The first-order chi connectivity index (χ1) is 12.4. The number of nitro benzene ring substituents is 1. The molecule has 0 radical (unpaired) electrons. The van der Waals surface area contributed by atoms with Crippen LogP contribution in [0.2, 0.25) is 0 Å². The van der Waals surface area contributed by atoms with E-state index in [9.17, 15) is 10.1 Å². The predicted molar refractivity (Wildman–Crippen MR) is 98.5 cm³/mol. The first kappa shape index (κ1) is 21.2. The van der Waals surface area contributed by atoms with Crippen molar-refractivity contribution in [2.45, 2.75) is 13.2 Å². The van der Waals surface area contributed by atoms with E-state index in [1.54, 1.807) is 26.4 Å². The highest BCUT2D eigenvalue weighted by atomic mass is 16.6. The van der Waals surface area contributed by atoms with Crippen molar-refractivity contribution >= 4 is 11.4 Å². The number of non-ortho nitro benzene ring substituents is 1. The van der Waals surface area contributed by atoms with Crippen LogP contribution in [0.5, 0.6) is 11.5 Å². The number of anilines is 1. The molecule has 2 rings (SSSR count). The molecule has 0 spiro atoms. The molecule has 0 heterocycles. The first-order valence-corrected chi connectivity index (χ1v) is 7.67. The fraction of sp³-hybridized carbons (Fsp3) is 0.333. The Balaban J connectivity index is 0.000000263. The molecule has 0 aliphatic heterocycles. The molecule has 2 aromatic carbocycles. The normalized spacial score (nSPS) is 9.85. The molecule has 8 nitrogen and oxygen atoms in total. The van der Waals surface area contributed by atoms with Crippen molar-refractivity contribution in [1.29, 1.82) is 0 Å². The smallest absolute Gasteiger partial charge is 0.273 e. The van der Waals surface area contributed by atoms with Crippen LogP contribution in [-0.4, -0.2) is 33.4 Å². The molecule has 0 aromatic heterocycles. The number of rotatable bonds is 7. The second kappa shape index (κ2) is 10.9. The molecular weight excluding hydrogens is 340 g/mol. The number of nitro groups is 1. The van der Waals surface area contributed by atoms with Gasteiger partial charge in [0.25, 0.3) is 5.69 Å².